The summed E-state index contributed by atoms with van der Waals surface area (Å²) in [4.78, 5) is 12.7. The summed E-state index contributed by atoms with van der Waals surface area (Å²) >= 11 is 3.34. The molecule has 31 heavy (non-hydrogen) atoms. The van der Waals surface area contributed by atoms with Crippen molar-refractivity contribution in [3.05, 3.63) is 82.6 Å². The van der Waals surface area contributed by atoms with Gasteiger partial charge < -0.3 is 10.1 Å². The maximum absolute atomic E-state index is 13.6. The van der Waals surface area contributed by atoms with Gasteiger partial charge in [-0.05, 0) is 76.9 Å². The molecule has 0 aliphatic carbocycles. The largest absolute Gasteiger partial charge is 0.495 e. The summed E-state index contributed by atoms with van der Waals surface area (Å²) in [5.41, 5.74) is 1.35. The molecular weight excluding hydrogens is 487 g/mol. The standard InChI is InChI=1S/C22H20BrFN2O4S/c1-15-7-12-20(30-2)21(13-15)31(28,29)26(17-10-8-16(24)9-11-17)14-22(27)25-19-6-4-3-5-18(19)23/h3-13H,14H2,1-2H3,(H,25,27). The second-order valence-corrected chi connectivity index (χ2v) is 9.36. The van der Waals surface area contributed by atoms with Crippen LogP contribution in [0.4, 0.5) is 15.8 Å². The zero-order valence-corrected chi connectivity index (χ0v) is 19.2. The number of aryl methyl sites for hydroxylation is 1. The normalized spacial score (nSPS) is 11.1. The predicted octanol–water partition coefficient (Wildman–Crippen LogP) is 4.74. The average molecular weight is 507 g/mol. The molecule has 0 radical (unpaired) electrons. The van der Waals surface area contributed by atoms with Crippen molar-refractivity contribution in [2.75, 3.05) is 23.3 Å². The number of nitrogens with zero attached hydrogens (tertiary/aromatic N) is 1. The first-order valence-corrected chi connectivity index (χ1v) is 11.4. The third kappa shape index (κ3) is 5.23. The topological polar surface area (TPSA) is 75.7 Å². The molecule has 1 amide bonds. The zero-order valence-electron chi connectivity index (χ0n) is 16.8. The van der Waals surface area contributed by atoms with Crippen LogP contribution in [0.2, 0.25) is 0 Å². The van der Waals surface area contributed by atoms with E-state index >= 15 is 0 Å². The van der Waals surface area contributed by atoms with Crippen molar-refractivity contribution in [2.45, 2.75) is 11.8 Å². The molecule has 0 bridgehead atoms. The number of rotatable bonds is 7. The number of nitrogens with one attached hydrogen (secondary N) is 1. The Morgan fingerprint density at radius 3 is 2.42 bits per heavy atom. The number of carbonyl (C=O) groups excluding carboxylic acids is 1. The molecule has 0 aromatic heterocycles. The van der Waals surface area contributed by atoms with Gasteiger partial charge in [0.1, 0.15) is 23.0 Å². The minimum Gasteiger partial charge on any atom is -0.495 e. The Labute approximate surface area is 188 Å². The van der Waals surface area contributed by atoms with E-state index in [1.54, 1.807) is 43.3 Å². The third-order valence-corrected chi connectivity index (χ3v) is 6.92. The second kappa shape index (κ2) is 9.49. The Bertz CT molecular complexity index is 1200. The number of para-hydroxylation sites is 1. The Morgan fingerprint density at radius 2 is 1.77 bits per heavy atom. The monoisotopic (exact) mass is 506 g/mol. The lowest BCUT2D eigenvalue weighted by molar-refractivity contribution is -0.114. The summed E-state index contributed by atoms with van der Waals surface area (Å²) in [6, 6.07) is 16.6. The van der Waals surface area contributed by atoms with E-state index in [-0.39, 0.29) is 16.3 Å². The molecule has 0 atom stereocenters. The molecule has 0 aliphatic rings. The van der Waals surface area contributed by atoms with Gasteiger partial charge in [0.05, 0.1) is 18.5 Å². The van der Waals surface area contributed by atoms with E-state index in [0.717, 1.165) is 16.4 Å². The lowest BCUT2D eigenvalue weighted by atomic mass is 10.2. The number of hydrogen-bond acceptors (Lipinski definition) is 4. The summed E-state index contributed by atoms with van der Waals surface area (Å²) in [6.45, 7) is 1.23. The van der Waals surface area contributed by atoms with Crippen molar-refractivity contribution in [1.29, 1.82) is 0 Å². The van der Waals surface area contributed by atoms with E-state index in [0.29, 0.717) is 15.7 Å². The second-order valence-electron chi connectivity index (χ2n) is 6.67. The van der Waals surface area contributed by atoms with Crippen LogP contribution in [0.25, 0.3) is 0 Å². The third-order valence-electron chi connectivity index (χ3n) is 4.44. The van der Waals surface area contributed by atoms with Gasteiger partial charge in [-0.1, -0.05) is 18.2 Å². The molecule has 0 heterocycles. The predicted molar refractivity (Wildman–Crippen MR) is 121 cm³/mol. The van der Waals surface area contributed by atoms with Gasteiger partial charge in [-0.15, -0.1) is 0 Å². The van der Waals surface area contributed by atoms with Crippen LogP contribution in [-0.2, 0) is 14.8 Å². The Balaban J connectivity index is 2.03. The number of sulfonamides is 1. The van der Waals surface area contributed by atoms with Crippen LogP contribution in [0.3, 0.4) is 0 Å². The molecule has 0 saturated heterocycles. The van der Waals surface area contributed by atoms with Crippen molar-refractivity contribution in [1.82, 2.24) is 0 Å². The molecule has 0 fully saturated rings. The van der Waals surface area contributed by atoms with E-state index in [2.05, 4.69) is 21.2 Å². The number of amides is 1. The number of benzene rings is 3. The molecule has 0 saturated carbocycles. The number of methoxy groups -OCH3 is 1. The van der Waals surface area contributed by atoms with Crippen LogP contribution in [0, 0.1) is 12.7 Å². The molecule has 6 nitrogen and oxygen atoms in total. The smallest absolute Gasteiger partial charge is 0.268 e. The molecule has 3 aromatic carbocycles. The van der Waals surface area contributed by atoms with Gasteiger partial charge in [-0.2, -0.15) is 0 Å². The minimum atomic E-state index is -4.22. The van der Waals surface area contributed by atoms with Crippen LogP contribution in [0.1, 0.15) is 5.56 Å². The molecule has 9 heteroatoms. The highest BCUT2D eigenvalue weighted by Crippen LogP contribution is 2.31. The Kier molecular flexibility index (Phi) is 6.97. The van der Waals surface area contributed by atoms with E-state index in [1.807, 2.05) is 0 Å². The Hall–Kier alpha value is -2.91. The molecule has 0 aliphatic heterocycles. The van der Waals surface area contributed by atoms with Gasteiger partial charge in [0.15, 0.2) is 0 Å². The summed E-state index contributed by atoms with van der Waals surface area (Å²) in [5.74, 6) is -0.942. The molecule has 1 N–H and O–H groups in total. The SMILES string of the molecule is COc1ccc(C)cc1S(=O)(=O)N(CC(=O)Nc1ccccc1Br)c1ccc(F)cc1. The van der Waals surface area contributed by atoms with Crippen LogP contribution >= 0.6 is 15.9 Å². The fourth-order valence-corrected chi connectivity index (χ4v) is 4.96. The van der Waals surface area contributed by atoms with Gasteiger partial charge in [0.25, 0.3) is 10.0 Å². The highest BCUT2D eigenvalue weighted by molar-refractivity contribution is 9.10. The summed E-state index contributed by atoms with van der Waals surface area (Å²) in [5, 5.41) is 2.69. The van der Waals surface area contributed by atoms with Gasteiger partial charge in [-0.25, -0.2) is 12.8 Å². The summed E-state index contributed by atoms with van der Waals surface area (Å²) in [6.07, 6.45) is 0. The molecular formula is C22H20BrFN2O4S. The fraction of sp³-hybridized carbons (Fsp3) is 0.136. The Morgan fingerprint density at radius 1 is 1.10 bits per heavy atom. The molecule has 0 spiro atoms. The van der Waals surface area contributed by atoms with Crippen molar-refractivity contribution in [3.8, 4) is 5.75 Å². The first-order valence-electron chi connectivity index (χ1n) is 9.19. The van der Waals surface area contributed by atoms with Crippen LogP contribution in [-0.4, -0.2) is 28.0 Å². The molecule has 0 unspecified atom stereocenters. The van der Waals surface area contributed by atoms with Crippen molar-refractivity contribution < 1.29 is 22.3 Å². The average Bonchev–Trinajstić information content (AvgIpc) is 2.74. The van der Waals surface area contributed by atoms with E-state index < -0.39 is 28.3 Å². The van der Waals surface area contributed by atoms with Crippen molar-refractivity contribution in [2.24, 2.45) is 0 Å². The van der Waals surface area contributed by atoms with Crippen molar-refractivity contribution in [3.63, 3.8) is 0 Å². The first kappa shape index (κ1) is 22.8. The summed E-state index contributed by atoms with van der Waals surface area (Å²) < 4.78 is 47.4. The van der Waals surface area contributed by atoms with Crippen LogP contribution in [0.5, 0.6) is 5.75 Å². The van der Waals surface area contributed by atoms with Crippen LogP contribution < -0.4 is 14.4 Å². The lowest BCUT2D eigenvalue weighted by Gasteiger charge is -2.25. The maximum Gasteiger partial charge on any atom is 0.268 e. The van der Waals surface area contributed by atoms with Crippen LogP contribution in [0.15, 0.2) is 76.1 Å². The quantitative estimate of drug-likeness (QED) is 0.502. The number of halogens is 2. The highest BCUT2D eigenvalue weighted by Gasteiger charge is 2.30. The molecule has 3 rings (SSSR count). The number of carbonyl (C=O) groups is 1. The van der Waals surface area contributed by atoms with Gasteiger partial charge in [-0.3, -0.25) is 9.10 Å². The number of anilines is 2. The van der Waals surface area contributed by atoms with E-state index in [9.17, 15) is 17.6 Å². The number of hydrogen-bond donors (Lipinski definition) is 1. The first-order chi connectivity index (χ1) is 14.7. The van der Waals surface area contributed by atoms with Gasteiger partial charge >= 0.3 is 0 Å². The van der Waals surface area contributed by atoms with Gasteiger partial charge in [0.2, 0.25) is 5.91 Å². The lowest BCUT2D eigenvalue weighted by Crippen LogP contribution is -2.38. The zero-order chi connectivity index (χ0) is 22.6. The highest BCUT2D eigenvalue weighted by atomic mass is 79.9. The van der Waals surface area contributed by atoms with Crippen molar-refractivity contribution >= 4 is 43.2 Å². The number of ether oxygens (including phenoxy) is 1. The maximum atomic E-state index is 13.6. The van der Waals surface area contributed by atoms with E-state index in [1.165, 1.54) is 25.3 Å². The van der Waals surface area contributed by atoms with E-state index in [4.69, 9.17) is 4.74 Å². The van der Waals surface area contributed by atoms with Gasteiger partial charge in [0, 0.05) is 4.47 Å². The minimum absolute atomic E-state index is 0.0898. The molecule has 3 aromatic rings. The fourth-order valence-electron chi connectivity index (χ4n) is 2.91. The molecule has 162 valence electrons. The summed E-state index contributed by atoms with van der Waals surface area (Å²) in [7, 11) is -2.85.